The quantitative estimate of drug-likeness (QED) is 0.787. The van der Waals surface area contributed by atoms with E-state index in [0.717, 1.165) is 0 Å². The number of H-pyrrole nitrogens is 1. The molecule has 0 fully saturated rings. The van der Waals surface area contributed by atoms with Crippen molar-refractivity contribution in [3.63, 3.8) is 0 Å². The van der Waals surface area contributed by atoms with Crippen LogP contribution in [0.25, 0.3) is 5.95 Å². The molecule has 7 heteroatoms. The summed E-state index contributed by atoms with van der Waals surface area (Å²) >= 11 is 0. The Balaban J connectivity index is 2.63. The molecule has 0 radical (unpaired) electrons. The van der Waals surface area contributed by atoms with Crippen LogP contribution >= 0.6 is 0 Å². The molecule has 0 atom stereocenters. The van der Waals surface area contributed by atoms with Crippen molar-refractivity contribution in [3.8, 4) is 12.0 Å². The average Bonchev–Trinajstić information content (AvgIpc) is 2.70. The summed E-state index contributed by atoms with van der Waals surface area (Å²) in [5, 5.41) is 12.7. The van der Waals surface area contributed by atoms with Gasteiger partial charge in [0.15, 0.2) is 0 Å². The van der Waals surface area contributed by atoms with Crippen LogP contribution in [0.5, 0.6) is 0 Å². The van der Waals surface area contributed by atoms with E-state index < -0.39 is 0 Å². The number of nitrogens with zero attached hydrogens (tertiary/aromatic N) is 4. The highest BCUT2D eigenvalue weighted by molar-refractivity contribution is 5.50. The van der Waals surface area contributed by atoms with Gasteiger partial charge in [0.2, 0.25) is 5.95 Å². The van der Waals surface area contributed by atoms with Crippen LogP contribution < -0.4 is 11.3 Å². The zero-order valence-corrected chi connectivity index (χ0v) is 10.1. The molecule has 92 valence electrons. The molecule has 7 nitrogen and oxygen atoms in total. The number of anilines is 1. The summed E-state index contributed by atoms with van der Waals surface area (Å²) < 4.78 is 1.24. The SMILES string of the molecule is CCc1c(C)nc(-n2ncc(C#N)c2N)[nH]c1=O. The van der Waals surface area contributed by atoms with Gasteiger partial charge in [0.25, 0.3) is 5.56 Å². The molecular formula is C11H12N6O. The molecule has 0 aromatic carbocycles. The summed E-state index contributed by atoms with van der Waals surface area (Å²) in [7, 11) is 0. The van der Waals surface area contributed by atoms with E-state index in [4.69, 9.17) is 11.0 Å². The molecule has 0 bridgehead atoms. The van der Waals surface area contributed by atoms with Crippen LogP contribution in [0.1, 0.15) is 23.7 Å². The molecule has 0 unspecified atom stereocenters. The Morgan fingerprint density at radius 2 is 2.33 bits per heavy atom. The van der Waals surface area contributed by atoms with E-state index in [2.05, 4.69) is 15.1 Å². The maximum atomic E-state index is 11.8. The van der Waals surface area contributed by atoms with Crippen molar-refractivity contribution in [1.82, 2.24) is 19.7 Å². The van der Waals surface area contributed by atoms with Gasteiger partial charge in [0, 0.05) is 11.3 Å². The number of rotatable bonds is 2. The Hall–Kier alpha value is -2.62. The van der Waals surface area contributed by atoms with Gasteiger partial charge in [-0.3, -0.25) is 9.78 Å². The van der Waals surface area contributed by atoms with Gasteiger partial charge < -0.3 is 5.73 Å². The predicted molar refractivity (Wildman–Crippen MR) is 65.2 cm³/mol. The van der Waals surface area contributed by atoms with Crippen molar-refractivity contribution in [1.29, 1.82) is 5.26 Å². The minimum atomic E-state index is -0.214. The van der Waals surface area contributed by atoms with Gasteiger partial charge in [-0.15, -0.1) is 0 Å². The van der Waals surface area contributed by atoms with Crippen molar-refractivity contribution in [2.75, 3.05) is 5.73 Å². The normalized spacial score (nSPS) is 10.3. The first kappa shape index (κ1) is 11.9. The van der Waals surface area contributed by atoms with E-state index in [9.17, 15) is 4.79 Å². The number of aromatic nitrogens is 4. The van der Waals surface area contributed by atoms with Gasteiger partial charge in [-0.05, 0) is 13.3 Å². The first-order valence-corrected chi connectivity index (χ1v) is 5.42. The van der Waals surface area contributed by atoms with E-state index in [-0.39, 0.29) is 22.9 Å². The fourth-order valence-electron chi connectivity index (χ4n) is 1.73. The number of aryl methyl sites for hydroxylation is 1. The van der Waals surface area contributed by atoms with Crippen LogP contribution in [0.15, 0.2) is 11.0 Å². The Morgan fingerprint density at radius 1 is 1.61 bits per heavy atom. The first-order valence-electron chi connectivity index (χ1n) is 5.42. The number of hydrogen-bond acceptors (Lipinski definition) is 5. The zero-order chi connectivity index (χ0) is 13.3. The number of aromatic amines is 1. The third-order valence-corrected chi connectivity index (χ3v) is 2.69. The second-order valence-corrected chi connectivity index (χ2v) is 3.77. The number of nitriles is 1. The maximum absolute atomic E-state index is 11.8. The van der Waals surface area contributed by atoms with E-state index in [1.54, 1.807) is 6.92 Å². The monoisotopic (exact) mass is 244 g/mol. The fraction of sp³-hybridized carbons (Fsp3) is 0.273. The summed E-state index contributed by atoms with van der Waals surface area (Å²) in [5.41, 5.74) is 7.02. The van der Waals surface area contributed by atoms with Gasteiger partial charge in [0.05, 0.1) is 6.20 Å². The predicted octanol–water partition coefficient (Wildman–Crippen LogP) is 0.280. The number of nitrogens with two attached hydrogens (primary N) is 1. The van der Waals surface area contributed by atoms with Crippen molar-refractivity contribution in [3.05, 3.63) is 33.4 Å². The maximum Gasteiger partial charge on any atom is 0.255 e. The van der Waals surface area contributed by atoms with Crippen molar-refractivity contribution in [2.24, 2.45) is 0 Å². The van der Waals surface area contributed by atoms with Gasteiger partial charge in [0.1, 0.15) is 17.5 Å². The zero-order valence-electron chi connectivity index (χ0n) is 10.1. The third kappa shape index (κ3) is 1.73. The highest BCUT2D eigenvalue weighted by Gasteiger charge is 2.12. The number of nitrogen functional groups attached to an aromatic ring is 1. The Kier molecular flexibility index (Phi) is 2.85. The fourth-order valence-corrected chi connectivity index (χ4v) is 1.73. The van der Waals surface area contributed by atoms with Gasteiger partial charge in [-0.25, -0.2) is 4.98 Å². The molecule has 2 heterocycles. The van der Waals surface area contributed by atoms with Gasteiger partial charge >= 0.3 is 0 Å². The molecule has 0 aliphatic carbocycles. The Labute approximate surface area is 103 Å². The van der Waals surface area contributed by atoms with Crippen LogP contribution in [0, 0.1) is 18.3 Å². The number of nitrogens with one attached hydrogen (secondary N) is 1. The molecule has 0 spiro atoms. The van der Waals surface area contributed by atoms with Crippen molar-refractivity contribution >= 4 is 5.82 Å². The van der Waals surface area contributed by atoms with E-state index >= 15 is 0 Å². The molecule has 0 saturated carbocycles. The minimum absolute atomic E-state index is 0.157. The largest absolute Gasteiger partial charge is 0.382 e. The standard InChI is InChI=1S/C11H12N6O/c1-3-8-6(2)15-11(16-10(8)18)17-9(13)7(4-12)5-14-17/h5H,3,13H2,1-2H3,(H,15,16,18). The lowest BCUT2D eigenvalue weighted by atomic mass is 10.2. The van der Waals surface area contributed by atoms with Crippen molar-refractivity contribution in [2.45, 2.75) is 20.3 Å². The minimum Gasteiger partial charge on any atom is -0.382 e. The van der Waals surface area contributed by atoms with Crippen LogP contribution in [0.4, 0.5) is 5.82 Å². The lowest BCUT2D eigenvalue weighted by Crippen LogP contribution is -2.20. The summed E-state index contributed by atoms with van der Waals surface area (Å²) in [6.07, 6.45) is 1.94. The first-order chi connectivity index (χ1) is 8.58. The molecule has 0 aliphatic heterocycles. The smallest absolute Gasteiger partial charge is 0.255 e. The number of hydrogen-bond donors (Lipinski definition) is 2. The summed E-state index contributed by atoms with van der Waals surface area (Å²) in [5.74, 6) is 0.373. The van der Waals surface area contributed by atoms with E-state index in [1.165, 1.54) is 10.9 Å². The Morgan fingerprint density at radius 3 is 2.83 bits per heavy atom. The van der Waals surface area contributed by atoms with E-state index in [1.807, 2.05) is 13.0 Å². The summed E-state index contributed by atoms with van der Waals surface area (Å²) in [6, 6.07) is 1.91. The molecule has 18 heavy (non-hydrogen) atoms. The second kappa shape index (κ2) is 4.33. The lowest BCUT2D eigenvalue weighted by Gasteiger charge is -2.06. The van der Waals surface area contributed by atoms with E-state index in [0.29, 0.717) is 17.7 Å². The molecular weight excluding hydrogens is 232 g/mol. The highest BCUT2D eigenvalue weighted by atomic mass is 16.1. The summed E-state index contributed by atoms with van der Waals surface area (Å²) in [4.78, 5) is 18.7. The molecule has 2 aromatic heterocycles. The summed E-state index contributed by atoms with van der Waals surface area (Å²) in [6.45, 7) is 3.64. The molecule has 0 amide bonds. The van der Waals surface area contributed by atoms with Crippen LogP contribution in [0.2, 0.25) is 0 Å². The lowest BCUT2D eigenvalue weighted by molar-refractivity contribution is 0.791. The third-order valence-electron chi connectivity index (χ3n) is 2.69. The average molecular weight is 244 g/mol. The topological polar surface area (TPSA) is 113 Å². The molecule has 2 rings (SSSR count). The molecule has 0 aliphatic rings. The Bertz CT molecular complexity index is 691. The molecule has 3 N–H and O–H groups in total. The van der Waals surface area contributed by atoms with Crippen molar-refractivity contribution < 1.29 is 0 Å². The van der Waals surface area contributed by atoms with Crippen LogP contribution in [-0.4, -0.2) is 19.7 Å². The molecule has 2 aromatic rings. The van der Waals surface area contributed by atoms with Gasteiger partial charge in [-0.2, -0.15) is 15.0 Å². The molecule has 0 saturated heterocycles. The van der Waals surface area contributed by atoms with Gasteiger partial charge in [-0.1, -0.05) is 6.92 Å². The highest BCUT2D eigenvalue weighted by Crippen LogP contribution is 2.13. The second-order valence-electron chi connectivity index (χ2n) is 3.77. The van der Waals surface area contributed by atoms with Crippen LogP contribution in [-0.2, 0) is 6.42 Å². The van der Waals surface area contributed by atoms with Crippen LogP contribution in [0.3, 0.4) is 0 Å².